The van der Waals surface area contributed by atoms with Crippen LogP contribution >= 0.6 is 25.3 Å². The lowest BCUT2D eigenvalue weighted by Gasteiger charge is -2.30. The van der Waals surface area contributed by atoms with Gasteiger partial charge in [0.15, 0.2) is 0 Å². The Morgan fingerprint density at radius 1 is 0.857 bits per heavy atom. The van der Waals surface area contributed by atoms with Gasteiger partial charge >= 0.3 is 24.3 Å². The second kappa shape index (κ2) is 17.3. The van der Waals surface area contributed by atoms with Crippen molar-refractivity contribution in [2.24, 2.45) is 0 Å². The molecule has 0 spiro atoms. The first-order valence-electron chi connectivity index (χ1n) is 14.5. The molecule has 0 aliphatic carbocycles. The van der Waals surface area contributed by atoms with Gasteiger partial charge in [0.1, 0.15) is 5.65 Å². The molecule has 0 amide bonds. The van der Waals surface area contributed by atoms with Crippen LogP contribution in [0.2, 0.25) is 0 Å². The highest BCUT2D eigenvalue weighted by molar-refractivity contribution is 7.82. The van der Waals surface area contributed by atoms with E-state index in [0.29, 0.717) is 0 Å². The van der Waals surface area contributed by atoms with Crippen LogP contribution in [0.3, 0.4) is 0 Å². The van der Waals surface area contributed by atoms with E-state index in [-0.39, 0.29) is 9.49 Å². The predicted octanol–water partition coefficient (Wildman–Crippen LogP) is 6.47. The Morgan fingerprint density at radius 2 is 1.41 bits per heavy atom. The molecule has 0 saturated heterocycles. The molecule has 49 heavy (non-hydrogen) atoms. The number of nitrogens with one attached hydrogen (secondary N) is 2. The Kier molecular flexibility index (Phi) is 14.6. The molecule has 0 aliphatic heterocycles. The van der Waals surface area contributed by atoms with Gasteiger partial charge in [0, 0.05) is 66.4 Å². The largest absolute Gasteiger partial charge is 0.490 e. The number of carboxylic acid groups (broad SMARTS) is 2. The minimum absolute atomic E-state index is 0.0166. The quantitative estimate of drug-likeness (QED) is 0.0587. The lowest BCUT2D eigenvalue weighted by molar-refractivity contribution is -0.193. The molecule has 0 radical (unpaired) electrons. The number of thiol groups is 2. The van der Waals surface area contributed by atoms with Gasteiger partial charge in [0.25, 0.3) is 0 Å². The monoisotopic (exact) mass is 736 g/mol. The number of aromatic amines is 1. The van der Waals surface area contributed by atoms with Crippen LogP contribution in [0, 0.1) is 0 Å². The van der Waals surface area contributed by atoms with E-state index < -0.39 is 24.3 Å². The summed E-state index contributed by atoms with van der Waals surface area (Å²) in [5, 5.41) is 24.8. The summed E-state index contributed by atoms with van der Waals surface area (Å²) in [6.07, 6.45) is -4.11. The number of fused-ring (bicyclic) bond motifs is 1. The number of carboxylic acids is 2. The van der Waals surface area contributed by atoms with E-state index in [0.717, 1.165) is 60.9 Å². The molecule has 4 N–H and O–H groups in total. The van der Waals surface area contributed by atoms with E-state index in [1.54, 1.807) is 6.20 Å². The molecular weight excluding hydrogens is 699 g/mol. The van der Waals surface area contributed by atoms with E-state index in [2.05, 4.69) is 114 Å². The minimum atomic E-state index is -5.08. The highest BCUT2D eigenvalue weighted by atomic mass is 32.1. The number of hydrogen-bond donors (Lipinski definition) is 6. The molecule has 3 heterocycles. The molecule has 0 aliphatic rings. The zero-order valence-electron chi connectivity index (χ0n) is 27.0. The molecular formula is C31H38F6N6O4S2. The smallest absolute Gasteiger partial charge is 0.475 e. The Morgan fingerprint density at radius 3 is 1.88 bits per heavy atom. The molecule has 18 heteroatoms. The summed E-state index contributed by atoms with van der Waals surface area (Å²) >= 11 is 9.39. The summed E-state index contributed by atoms with van der Waals surface area (Å²) in [5.41, 5.74) is 6.37. The van der Waals surface area contributed by atoms with Gasteiger partial charge in [-0.15, -0.1) is 0 Å². The van der Waals surface area contributed by atoms with Gasteiger partial charge < -0.3 is 19.9 Å². The predicted molar refractivity (Wildman–Crippen MR) is 180 cm³/mol. The van der Waals surface area contributed by atoms with Gasteiger partial charge in [-0.1, -0.05) is 30.3 Å². The number of benzene rings is 1. The van der Waals surface area contributed by atoms with Crippen LogP contribution in [0.1, 0.15) is 33.3 Å². The van der Waals surface area contributed by atoms with Crippen molar-refractivity contribution in [2.45, 2.75) is 56.1 Å². The topological polar surface area (TPSA) is 136 Å². The number of imidazole rings is 1. The second-order valence-electron chi connectivity index (χ2n) is 12.1. The van der Waals surface area contributed by atoms with Crippen molar-refractivity contribution in [3.8, 4) is 22.5 Å². The Hall–Kier alpha value is -3.74. The number of carbonyl (C=O) groups is 2. The molecule has 270 valence electrons. The van der Waals surface area contributed by atoms with Crippen LogP contribution in [0.15, 0.2) is 61.1 Å². The molecule has 0 fully saturated rings. The first-order chi connectivity index (χ1) is 22.4. The number of aliphatic carboxylic acids is 2. The molecule has 0 unspecified atom stereocenters. The lowest BCUT2D eigenvalue weighted by atomic mass is 10.1. The summed E-state index contributed by atoms with van der Waals surface area (Å²) in [7, 11) is 0. The summed E-state index contributed by atoms with van der Waals surface area (Å²) in [6.45, 7) is 13.1. The first kappa shape index (κ1) is 41.4. The third kappa shape index (κ3) is 15.6. The second-order valence-corrected chi connectivity index (χ2v) is 14.5. The highest BCUT2D eigenvalue weighted by Crippen LogP contribution is 2.24. The van der Waals surface area contributed by atoms with Crippen molar-refractivity contribution >= 4 is 42.8 Å². The molecule has 0 saturated carbocycles. The Balaban J connectivity index is 0.000000500. The van der Waals surface area contributed by atoms with Gasteiger partial charge in [-0.05, 0) is 51.0 Å². The molecule has 10 nitrogen and oxygen atoms in total. The number of alkyl halides is 6. The van der Waals surface area contributed by atoms with E-state index in [4.69, 9.17) is 37.4 Å². The number of hydrogen-bond acceptors (Lipinski definition) is 8. The fraction of sp³-hybridized carbons (Fsp3) is 0.419. The number of nitrogens with zero attached hydrogens (tertiary/aromatic N) is 4. The minimum Gasteiger partial charge on any atom is -0.475 e. The normalized spacial score (nSPS) is 12.3. The van der Waals surface area contributed by atoms with Crippen molar-refractivity contribution in [1.29, 1.82) is 0 Å². The van der Waals surface area contributed by atoms with Crippen molar-refractivity contribution in [1.82, 2.24) is 29.8 Å². The molecule has 3 aromatic heterocycles. The molecule has 0 bridgehead atoms. The summed E-state index contributed by atoms with van der Waals surface area (Å²) < 4.78 is 65.5. The van der Waals surface area contributed by atoms with Crippen LogP contribution in [0.4, 0.5) is 26.3 Å². The first-order valence-corrected chi connectivity index (χ1v) is 15.4. The number of H-pyrrole nitrogens is 1. The van der Waals surface area contributed by atoms with Crippen molar-refractivity contribution in [2.75, 3.05) is 26.2 Å². The average molecular weight is 737 g/mol. The summed E-state index contributed by atoms with van der Waals surface area (Å²) in [6, 6.07) is 14.6. The number of aromatic nitrogens is 4. The zero-order chi connectivity index (χ0) is 37.2. The molecule has 4 rings (SSSR count). The van der Waals surface area contributed by atoms with Crippen LogP contribution in [0.25, 0.3) is 28.2 Å². The maximum absolute atomic E-state index is 10.6. The van der Waals surface area contributed by atoms with E-state index >= 15 is 0 Å². The van der Waals surface area contributed by atoms with E-state index in [1.807, 2.05) is 6.07 Å². The van der Waals surface area contributed by atoms with Gasteiger partial charge in [-0.25, -0.2) is 14.6 Å². The third-order valence-electron chi connectivity index (χ3n) is 6.17. The highest BCUT2D eigenvalue weighted by Gasteiger charge is 2.38. The van der Waals surface area contributed by atoms with E-state index in [9.17, 15) is 26.3 Å². The zero-order valence-corrected chi connectivity index (χ0v) is 28.8. The van der Waals surface area contributed by atoms with Gasteiger partial charge in [0.05, 0.1) is 11.4 Å². The van der Waals surface area contributed by atoms with Crippen LogP contribution in [-0.2, 0) is 16.1 Å². The van der Waals surface area contributed by atoms with Gasteiger partial charge in [-0.2, -0.15) is 56.7 Å². The van der Waals surface area contributed by atoms with Crippen LogP contribution < -0.4 is 5.32 Å². The summed E-state index contributed by atoms with van der Waals surface area (Å²) in [4.78, 5) is 25.1. The SMILES string of the molecule is CC(C)(S)CNCCN(Cc1ccc2nc(-c3ccc(-c4ccn[nH]4)cc3)cn2c1)CC(C)(C)S.O=C(O)C(F)(F)F.O=C(O)C(F)(F)F. The molecule has 0 atom stereocenters. The fourth-order valence-electron chi connectivity index (χ4n) is 4.16. The van der Waals surface area contributed by atoms with Crippen LogP contribution in [-0.4, -0.2) is 94.7 Å². The fourth-order valence-corrected chi connectivity index (χ4v) is 4.47. The number of rotatable bonds is 11. The van der Waals surface area contributed by atoms with Crippen molar-refractivity contribution < 1.29 is 46.1 Å². The van der Waals surface area contributed by atoms with Gasteiger partial charge in [-0.3, -0.25) is 10.00 Å². The molecule has 1 aromatic carbocycles. The van der Waals surface area contributed by atoms with Gasteiger partial charge in [0.2, 0.25) is 0 Å². The van der Waals surface area contributed by atoms with Crippen molar-refractivity contribution in [3.05, 3.63) is 66.6 Å². The van der Waals surface area contributed by atoms with Crippen LogP contribution in [0.5, 0.6) is 0 Å². The number of pyridine rings is 1. The summed E-state index contributed by atoms with van der Waals surface area (Å²) in [5.74, 6) is -5.51. The lowest BCUT2D eigenvalue weighted by Crippen LogP contribution is -2.41. The van der Waals surface area contributed by atoms with E-state index in [1.165, 1.54) is 5.56 Å². The molecule has 4 aromatic rings. The third-order valence-corrected chi connectivity index (χ3v) is 6.47. The Bertz CT molecular complexity index is 1610. The standard InChI is InChI=1S/C27H36N6S2.2C2HF3O2/c1-26(2,34)18-28-13-14-32(19-27(3,4)35)15-20-5-10-25-30-24(17-33(25)16-20)22-8-6-21(7-9-22)23-11-12-29-31-23;2*3-2(4,5)1(6)7/h5-12,16-17,28,34-35H,13-15,18-19H2,1-4H3,(H,29,31);2*(H,6,7). The Labute approximate surface area is 289 Å². The van der Waals surface area contributed by atoms with Crippen molar-refractivity contribution in [3.63, 3.8) is 0 Å². The average Bonchev–Trinajstić information content (AvgIpc) is 3.64. The maximum atomic E-state index is 10.6. The number of halogens is 6. The maximum Gasteiger partial charge on any atom is 0.490 e.